The van der Waals surface area contributed by atoms with Crippen molar-refractivity contribution in [3.05, 3.63) is 34.9 Å². The van der Waals surface area contributed by atoms with E-state index in [0.717, 1.165) is 5.56 Å². The lowest BCUT2D eigenvalue weighted by molar-refractivity contribution is -0.125. The molecule has 0 saturated heterocycles. The van der Waals surface area contributed by atoms with E-state index in [1.807, 2.05) is 45.0 Å². The molecule has 1 aromatic carbocycles. The minimum Gasteiger partial charge on any atom is -0.347 e. The second kappa shape index (κ2) is 5.52. The molecule has 1 amide bonds. The van der Waals surface area contributed by atoms with Gasteiger partial charge >= 0.3 is 0 Å². The van der Waals surface area contributed by atoms with E-state index in [1.54, 1.807) is 0 Å². The van der Waals surface area contributed by atoms with Crippen molar-refractivity contribution in [2.24, 2.45) is 11.7 Å². The van der Waals surface area contributed by atoms with E-state index in [4.69, 9.17) is 17.3 Å². The van der Waals surface area contributed by atoms with Gasteiger partial charge in [-0.1, -0.05) is 30.7 Å². The lowest BCUT2D eigenvalue weighted by Crippen LogP contribution is -2.44. The summed E-state index contributed by atoms with van der Waals surface area (Å²) in [7, 11) is 0. The van der Waals surface area contributed by atoms with Gasteiger partial charge in [-0.3, -0.25) is 4.79 Å². The van der Waals surface area contributed by atoms with E-state index >= 15 is 0 Å². The third-order valence-corrected chi connectivity index (χ3v) is 3.02. The van der Waals surface area contributed by atoms with E-state index < -0.39 is 5.54 Å². The number of carbonyl (C=O) groups excluding carboxylic acids is 1. The van der Waals surface area contributed by atoms with Gasteiger partial charge in [0.15, 0.2) is 0 Å². The molecule has 0 heterocycles. The zero-order valence-electron chi connectivity index (χ0n) is 10.5. The molecular weight excluding hydrogens is 236 g/mol. The van der Waals surface area contributed by atoms with Crippen LogP contribution in [-0.4, -0.2) is 12.5 Å². The monoisotopic (exact) mass is 254 g/mol. The maximum atomic E-state index is 11.8. The summed E-state index contributed by atoms with van der Waals surface area (Å²) in [6.07, 6.45) is 0. The zero-order chi connectivity index (χ0) is 13.1. The van der Waals surface area contributed by atoms with Crippen molar-refractivity contribution in [3.63, 3.8) is 0 Å². The van der Waals surface area contributed by atoms with Crippen LogP contribution in [0.3, 0.4) is 0 Å². The lowest BCUT2D eigenvalue weighted by atomic mass is 9.93. The first-order chi connectivity index (χ1) is 7.86. The summed E-state index contributed by atoms with van der Waals surface area (Å²) in [5.41, 5.74) is 5.99. The van der Waals surface area contributed by atoms with Crippen LogP contribution in [0, 0.1) is 5.92 Å². The van der Waals surface area contributed by atoms with Crippen LogP contribution in [0.1, 0.15) is 26.3 Å². The molecule has 0 radical (unpaired) electrons. The number of amides is 1. The maximum absolute atomic E-state index is 11.8. The number of rotatable bonds is 4. The third kappa shape index (κ3) is 3.72. The van der Waals surface area contributed by atoms with Crippen molar-refractivity contribution in [2.75, 3.05) is 6.54 Å². The lowest BCUT2D eigenvalue weighted by Gasteiger charge is -2.28. The molecule has 0 aliphatic heterocycles. The molecule has 3 N–H and O–H groups in total. The highest BCUT2D eigenvalue weighted by Gasteiger charge is 2.24. The predicted octanol–water partition coefficient (Wildman–Crippen LogP) is 2.29. The van der Waals surface area contributed by atoms with E-state index in [2.05, 4.69) is 5.32 Å². The number of nitrogens with two attached hydrogens (primary N) is 1. The summed E-state index contributed by atoms with van der Waals surface area (Å²) in [4.78, 5) is 11.8. The minimum atomic E-state index is -0.453. The average molecular weight is 255 g/mol. The molecule has 0 aliphatic carbocycles. The average Bonchev–Trinajstić information content (AvgIpc) is 2.27. The minimum absolute atomic E-state index is 0.0440. The van der Waals surface area contributed by atoms with Crippen molar-refractivity contribution in [2.45, 2.75) is 26.3 Å². The van der Waals surface area contributed by atoms with Gasteiger partial charge in [-0.15, -0.1) is 0 Å². The van der Waals surface area contributed by atoms with Gasteiger partial charge in [-0.25, -0.2) is 0 Å². The van der Waals surface area contributed by atoms with Crippen LogP contribution in [0.15, 0.2) is 24.3 Å². The molecule has 0 bridgehead atoms. The van der Waals surface area contributed by atoms with Gasteiger partial charge in [0.2, 0.25) is 5.91 Å². The molecule has 1 atom stereocenters. The number of halogens is 1. The normalized spacial score (nSPS) is 13.2. The molecule has 1 rings (SSSR count). The highest BCUT2D eigenvalue weighted by Crippen LogP contribution is 2.23. The molecule has 0 aliphatic rings. The molecule has 3 nitrogen and oxygen atoms in total. The number of benzene rings is 1. The Balaban J connectivity index is 2.85. The van der Waals surface area contributed by atoms with E-state index in [-0.39, 0.29) is 11.8 Å². The first-order valence-electron chi connectivity index (χ1n) is 5.65. The quantitative estimate of drug-likeness (QED) is 0.866. The molecular formula is C13H19ClN2O. The first-order valence-corrected chi connectivity index (χ1v) is 6.02. The van der Waals surface area contributed by atoms with Crippen molar-refractivity contribution in [1.29, 1.82) is 0 Å². The number of nitrogens with one attached hydrogen (secondary N) is 1. The van der Waals surface area contributed by atoms with Crippen LogP contribution in [0.25, 0.3) is 0 Å². The SMILES string of the molecule is CC(CN)C(=O)NC(C)(C)c1cccc(Cl)c1. The van der Waals surface area contributed by atoms with Crippen molar-refractivity contribution in [3.8, 4) is 0 Å². The Morgan fingerprint density at radius 2 is 2.18 bits per heavy atom. The Kier molecular flexibility index (Phi) is 4.54. The smallest absolute Gasteiger partial charge is 0.224 e. The molecule has 0 spiro atoms. The Morgan fingerprint density at radius 1 is 1.53 bits per heavy atom. The van der Waals surface area contributed by atoms with Gasteiger partial charge in [0.1, 0.15) is 0 Å². The van der Waals surface area contributed by atoms with Crippen LogP contribution < -0.4 is 11.1 Å². The second-order valence-electron chi connectivity index (χ2n) is 4.76. The largest absolute Gasteiger partial charge is 0.347 e. The summed E-state index contributed by atoms with van der Waals surface area (Å²) in [5, 5.41) is 3.64. The molecule has 1 unspecified atom stereocenters. The van der Waals surface area contributed by atoms with Gasteiger partial charge in [0, 0.05) is 17.5 Å². The van der Waals surface area contributed by atoms with Crippen molar-refractivity contribution < 1.29 is 4.79 Å². The number of hydrogen-bond donors (Lipinski definition) is 2. The fraction of sp³-hybridized carbons (Fsp3) is 0.462. The Labute approximate surface area is 107 Å². The van der Waals surface area contributed by atoms with Crippen molar-refractivity contribution in [1.82, 2.24) is 5.32 Å². The van der Waals surface area contributed by atoms with Gasteiger partial charge in [0.25, 0.3) is 0 Å². The summed E-state index contributed by atoms with van der Waals surface area (Å²) >= 11 is 5.94. The molecule has 4 heteroatoms. The van der Waals surface area contributed by atoms with Crippen LogP contribution in [-0.2, 0) is 10.3 Å². The highest BCUT2D eigenvalue weighted by atomic mass is 35.5. The summed E-state index contributed by atoms with van der Waals surface area (Å²) in [5.74, 6) is -0.231. The fourth-order valence-electron chi connectivity index (χ4n) is 1.49. The summed E-state index contributed by atoms with van der Waals surface area (Å²) < 4.78 is 0. The van der Waals surface area contributed by atoms with Crippen LogP contribution in [0.5, 0.6) is 0 Å². The van der Waals surface area contributed by atoms with Gasteiger partial charge < -0.3 is 11.1 Å². The predicted molar refractivity (Wildman–Crippen MR) is 70.8 cm³/mol. The Morgan fingerprint density at radius 3 is 2.71 bits per heavy atom. The number of hydrogen-bond acceptors (Lipinski definition) is 2. The first kappa shape index (κ1) is 14.0. The highest BCUT2D eigenvalue weighted by molar-refractivity contribution is 6.30. The number of carbonyl (C=O) groups is 1. The van der Waals surface area contributed by atoms with Crippen LogP contribution in [0.2, 0.25) is 5.02 Å². The third-order valence-electron chi connectivity index (χ3n) is 2.78. The van der Waals surface area contributed by atoms with Crippen LogP contribution >= 0.6 is 11.6 Å². The topological polar surface area (TPSA) is 55.1 Å². The van der Waals surface area contributed by atoms with E-state index in [1.165, 1.54) is 0 Å². The Hall–Kier alpha value is -1.06. The molecule has 0 aromatic heterocycles. The second-order valence-corrected chi connectivity index (χ2v) is 5.20. The molecule has 0 saturated carbocycles. The molecule has 1 aromatic rings. The summed E-state index contributed by atoms with van der Waals surface area (Å²) in [6.45, 7) is 6.04. The molecule has 17 heavy (non-hydrogen) atoms. The van der Waals surface area contributed by atoms with E-state index in [0.29, 0.717) is 11.6 Å². The van der Waals surface area contributed by atoms with Gasteiger partial charge in [-0.05, 0) is 31.5 Å². The van der Waals surface area contributed by atoms with Crippen LogP contribution in [0.4, 0.5) is 0 Å². The maximum Gasteiger partial charge on any atom is 0.224 e. The standard InChI is InChI=1S/C13H19ClN2O/c1-9(8-15)12(17)16-13(2,3)10-5-4-6-11(14)7-10/h4-7,9H,8,15H2,1-3H3,(H,16,17). The summed E-state index contributed by atoms with van der Waals surface area (Å²) in [6, 6.07) is 7.48. The molecule has 0 fully saturated rings. The molecule has 94 valence electrons. The fourth-order valence-corrected chi connectivity index (χ4v) is 1.68. The zero-order valence-corrected chi connectivity index (χ0v) is 11.2. The van der Waals surface area contributed by atoms with Gasteiger partial charge in [0.05, 0.1) is 5.54 Å². The van der Waals surface area contributed by atoms with Crippen molar-refractivity contribution >= 4 is 17.5 Å². The Bertz CT molecular complexity index is 404. The van der Waals surface area contributed by atoms with E-state index in [9.17, 15) is 4.79 Å². The van der Waals surface area contributed by atoms with Gasteiger partial charge in [-0.2, -0.15) is 0 Å².